The predicted octanol–water partition coefficient (Wildman–Crippen LogP) is 23.6. The second kappa shape index (κ2) is 72.5. The van der Waals surface area contributed by atoms with Crippen molar-refractivity contribution >= 4 is 39.5 Å². The highest BCUT2D eigenvalue weighted by Gasteiger charge is 2.30. The Bertz CT molecular complexity index is 1990. The van der Waals surface area contributed by atoms with Crippen molar-refractivity contribution in [2.45, 2.75) is 419 Å². The summed E-state index contributed by atoms with van der Waals surface area (Å²) in [5.74, 6) is -1.35. The van der Waals surface area contributed by atoms with E-state index in [1.54, 1.807) is 0 Å². The minimum atomic E-state index is -4.97. The second-order valence-electron chi connectivity index (χ2n) is 28.6. The highest BCUT2D eigenvalue weighted by molar-refractivity contribution is 7.47. The van der Waals surface area contributed by atoms with E-state index < -0.39 is 97.5 Å². The van der Waals surface area contributed by atoms with Gasteiger partial charge in [0.05, 0.1) is 26.4 Å². The molecule has 5 atom stereocenters. The van der Waals surface area contributed by atoms with Gasteiger partial charge in [0, 0.05) is 25.7 Å². The van der Waals surface area contributed by atoms with Crippen LogP contribution in [0.25, 0.3) is 0 Å². The summed E-state index contributed by atoms with van der Waals surface area (Å²) in [5.41, 5.74) is 0. The van der Waals surface area contributed by atoms with Crippen LogP contribution in [-0.4, -0.2) is 96.7 Å². The SMILES string of the molecule is CCCCCC/C=C\C=C/CCCCCCCC(=O)O[C@H](COC(=O)CCCCCCCCCCCCCC)COP(=O)(O)OC[C@H](O)COP(=O)(O)OC[C@@H](COC(=O)CCCCCCCCCCCCCCCCCC)OC(=O)CCCCCCCCCCCCCCCC(C)C. The van der Waals surface area contributed by atoms with Gasteiger partial charge in [0.2, 0.25) is 0 Å². The van der Waals surface area contributed by atoms with Crippen molar-refractivity contribution < 1.29 is 80.2 Å². The summed E-state index contributed by atoms with van der Waals surface area (Å²) in [5, 5.41) is 10.6. The fraction of sp³-hybridized carbons (Fsp3) is 0.900. The molecule has 0 aromatic carbocycles. The Kier molecular flexibility index (Phi) is 70.7. The lowest BCUT2D eigenvalue weighted by atomic mass is 10.0. The lowest BCUT2D eigenvalue weighted by molar-refractivity contribution is -0.161. The number of ether oxygens (including phenoxy) is 4. The second-order valence-corrected chi connectivity index (χ2v) is 31.5. The number of carbonyl (C=O) groups excluding carboxylic acids is 4. The zero-order valence-corrected chi connectivity index (χ0v) is 65.9. The molecule has 0 aromatic heterocycles. The normalized spacial score (nSPS) is 14.0. The van der Waals surface area contributed by atoms with Crippen molar-refractivity contribution in [3.8, 4) is 0 Å². The van der Waals surface area contributed by atoms with E-state index in [-0.39, 0.29) is 25.7 Å². The maximum absolute atomic E-state index is 13.1. The molecule has 0 saturated heterocycles. The van der Waals surface area contributed by atoms with Gasteiger partial charge in [-0.05, 0) is 57.3 Å². The standard InChI is InChI=1S/C80H152O17P2/c1-6-9-12-15-18-21-24-27-29-31-34-39-44-49-54-59-64-78(83)91-70-76(97-80(85)66-61-56-51-46-41-36-32-33-37-42-47-52-57-62-73(4)5)72-95-99(88,89)93-68-74(81)67-92-98(86,87)94-71-75(69-90-77(82)63-58-53-48-43-38-26-23-20-17-14-11-8-3)96-79(84)65-60-55-50-45-40-35-30-28-25-22-19-16-13-10-7-2/h22,25,28,30,73-76,81H,6-21,23-24,26-27,29,31-72H2,1-5H3,(H,86,87)(H,88,89)/b25-22-,30-28-/t74-,75+,76+/m0/s1. The third-order valence-electron chi connectivity index (χ3n) is 18.2. The molecular weight excluding hydrogens is 1290 g/mol. The average Bonchev–Trinajstić information content (AvgIpc) is 1.07. The van der Waals surface area contributed by atoms with Crippen LogP contribution in [0.5, 0.6) is 0 Å². The molecule has 0 aromatic rings. The molecule has 0 amide bonds. The predicted molar refractivity (Wildman–Crippen MR) is 404 cm³/mol. The molecule has 0 bridgehead atoms. The largest absolute Gasteiger partial charge is 0.472 e. The van der Waals surface area contributed by atoms with E-state index in [4.69, 9.17) is 37.0 Å². The number of unbranched alkanes of at least 4 members (excludes halogenated alkanes) is 47. The summed E-state index contributed by atoms with van der Waals surface area (Å²) in [6.07, 6.45) is 65.8. The topological polar surface area (TPSA) is 237 Å². The van der Waals surface area contributed by atoms with Crippen LogP contribution in [0.3, 0.4) is 0 Å². The minimum Gasteiger partial charge on any atom is -0.462 e. The first-order chi connectivity index (χ1) is 48.0. The zero-order chi connectivity index (χ0) is 72.7. The van der Waals surface area contributed by atoms with E-state index in [9.17, 15) is 43.2 Å². The fourth-order valence-corrected chi connectivity index (χ4v) is 13.4. The number of hydrogen-bond acceptors (Lipinski definition) is 15. The molecule has 0 aliphatic carbocycles. The Morgan fingerprint density at radius 3 is 0.828 bits per heavy atom. The Morgan fingerprint density at radius 1 is 0.313 bits per heavy atom. The molecule has 3 N–H and O–H groups in total. The van der Waals surface area contributed by atoms with Gasteiger partial charge in [0.25, 0.3) is 0 Å². The van der Waals surface area contributed by atoms with Gasteiger partial charge in [0.1, 0.15) is 19.3 Å². The molecule has 0 aliphatic rings. The number of aliphatic hydroxyl groups excluding tert-OH is 1. The molecule has 99 heavy (non-hydrogen) atoms. The maximum atomic E-state index is 13.1. The Morgan fingerprint density at radius 2 is 0.545 bits per heavy atom. The van der Waals surface area contributed by atoms with Gasteiger partial charge in [-0.25, -0.2) is 9.13 Å². The van der Waals surface area contributed by atoms with Crippen LogP contribution in [0.4, 0.5) is 0 Å². The molecule has 584 valence electrons. The molecular formula is C80H152O17P2. The van der Waals surface area contributed by atoms with Crippen LogP contribution in [0.2, 0.25) is 0 Å². The molecule has 0 spiro atoms. The highest BCUT2D eigenvalue weighted by atomic mass is 31.2. The van der Waals surface area contributed by atoms with Crippen molar-refractivity contribution in [1.82, 2.24) is 0 Å². The number of aliphatic hydroxyl groups is 1. The number of phosphoric ester groups is 2. The zero-order valence-electron chi connectivity index (χ0n) is 64.1. The van der Waals surface area contributed by atoms with Gasteiger partial charge in [0.15, 0.2) is 12.2 Å². The van der Waals surface area contributed by atoms with Crippen LogP contribution in [-0.2, 0) is 65.4 Å². The summed E-state index contributed by atoms with van der Waals surface area (Å²) in [4.78, 5) is 73.0. The summed E-state index contributed by atoms with van der Waals surface area (Å²) in [7, 11) is -9.93. The van der Waals surface area contributed by atoms with Crippen LogP contribution in [0.15, 0.2) is 24.3 Å². The quantitative estimate of drug-likeness (QED) is 0.0169. The van der Waals surface area contributed by atoms with Gasteiger partial charge in [-0.1, -0.05) is 348 Å². The van der Waals surface area contributed by atoms with Gasteiger partial charge >= 0.3 is 39.5 Å². The first-order valence-corrected chi connectivity index (χ1v) is 43.9. The molecule has 0 saturated carbocycles. The summed E-state index contributed by atoms with van der Waals surface area (Å²) in [6.45, 7) is 7.28. The molecule has 19 heteroatoms. The summed E-state index contributed by atoms with van der Waals surface area (Å²) in [6, 6.07) is 0. The van der Waals surface area contributed by atoms with Crippen LogP contribution in [0, 0.1) is 5.92 Å². The van der Waals surface area contributed by atoms with E-state index in [1.165, 1.54) is 212 Å². The van der Waals surface area contributed by atoms with Crippen LogP contribution < -0.4 is 0 Å². The van der Waals surface area contributed by atoms with Crippen molar-refractivity contribution in [2.24, 2.45) is 5.92 Å². The fourth-order valence-electron chi connectivity index (χ4n) is 11.9. The maximum Gasteiger partial charge on any atom is 0.472 e. The monoisotopic (exact) mass is 1450 g/mol. The van der Waals surface area contributed by atoms with Gasteiger partial charge < -0.3 is 33.8 Å². The molecule has 0 heterocycles. The van der Waals surface area contributed by atoms with Crippen LogP contribution in [0.1, 0.15) is 401 Å². The molecule has 2 unspecified atom stereocenters. The number of carbonyl (C=O) groups is 4. The Balaban J connectivity index is 5.30. The minimum absolute atomic E-state index is 0.0857. The lowest BCUT2D eigenvalue weighted by Gasteiger charge is -2.21. The molecule has 0 aliphatic heterocycles. The number of allylic oxidation sites excluding steroid dienone is 4. The summed E-state index contributed by atoms with van der Waals surface area (Å²) >= 11 is 0. The van der Waals surface area contributed by atoms with Crippen molar-refractivity contribution in [3.63, 3.8) is 0 Å². The molecule has 17 nitrogen and oxygen atoms in total. The van der Waals surface area contributed by atoms with Gasteiger partial charge in [-0.15, -0.1) is 0 Å². The van der Waals surface area contributed by atoms with E-state index in [1.807, 2.05) is 0 Å². The third kappa shape index (κ3) is 73.6. The van der Waals surface area contributed by atoms with Crippen molar-refractivity contribution in [1.29, 1.82) is 0 Å². The first kappa shape index (κ1) is 96.5. The Hall–Kier alpha value is -2.46. The number of rotatable bonds is 78. The number of esters is 4. The van der Waals surface area contributed by atoms with Crippen molar-refractivity contribution in [3.05, 3.63) is 24.3 Å². The molecule has 0 radical (unpaired) electrons. The van der Waals surface area contributed by atoms with Crippen molar-refractivity contribution in [2.75, 3.05) is 39.6 Å². The lowest BCUT2D eigenvalue weighted by Crippen LogP contribution is -2.30. The van der Waals surface area contributed by atoms with Crippen LogP contribution >= 0.6 is 15.6 Å². The smallest absolute Gasteiger partial charge is 0.462 e. The van der Waals surface area contributed by atoms with Gasteiger partial charge in [-0.3, -0.25) is 37.3 Å². The third-order valence-corrected chi connectivity index (χ3v) is 20.1. The van der Waals surface area contributed by atoms with E-state index in [2.05, 4.69) is 58.9 Å². The summed E-state index contributed by atoms with van der Waals surface area (Å²) < 4.78 is 68.7. The van der Waals surface area contributed by atoms with Gasteiger partial charge in [-0.2, -0.15) is 0 Å². The molecule has 0 rings (SSSR count). The number of hydrogen-bond donors (Lipinski definition) is 3. The highest BCUT2D eigenvalue weighted by Crippen LogP contribution is 2.45. The first-order valence-electron chi connectivity index (χ1n) is 41.0. The Labute approximate surface area is 605 Å². The average molecular weight is 1450 g/mol. The van der Waals surface area contributed by atoms with E-state index >= 15 is 0 Å². The van der Waals surface area contributed by atoms with E-state index in [0.717, 1.165) is 109 Å². The van der Waals surface area contributed by atoms with E-state index in [0.29, 0.717) is 25.7 Å². The molecule has 0 fully saturated rings. The number of phosphoric acid groups is 2.